The third-order valence-corrected chi connectivity index (χ3v) is 2.17. The van der Waals surface area contributed by atoms with E-state index in [1.165, 1.54) is 5.57 Å². The molecular weight excluding hydrogens is 172 g/mol. The Morgan fingerprint density at radius 1 is 1.42 bits per heavy atom. The first-order chi connectivity index (χ1) is 5.75. The van der Waals surface area contributed by atoms with Crippen LogP contribution in [0.4, 0.5) is 0 Å². The van der Waals surface area contributed by atoms with Crippen LogP contribution >= 0.6 is 11.6 Å². The van der Waals surface area contributed by atoms with Gasteiger partial charge in [0.2, 0.25) is 0 Å². The summed E-state index contributed by atoms with van der Waals surface area (Å²) in [6, 6.07) is 0. The van der Waals surface area contributed by atoms with Gasteiger partial charge < -0.3 is 4.74 Å². The molecule has 70 valence electrons. The molecule has 12 heavy (non-hydrogen) atoms. The molecule has 1 aliphatic carbocycles. The first-order valence-electron chi connectivity index (χ1n) is 4.35. The maximum atomic E-state index is 5.92. The van der Waals surface area contributed by atoms with Crippen LogP contribution in [-0.4, -0.2) is 7.11 Å². The second-order valence-corrected chi connectivity index (χ2v) is 2.78. The van der Waals surface area contributed by atoms with Crippen LogP contribution in [0.5, 0.6) is 0 Å². The highest BCUT2D eigenvalue weighted by Crippen LogP contribution is 2.27. The molecule has 1 nitrogen and oxygen atoms in total. The summed E-state index contributed by atoms with van der Waals surface area (Å²) in [5, 5.41) is 0.786. The predicted molar refractivity (Wildman–Crippen MR) is 54.2 cm³/mol. The lowest BCUT2D eigenvalue weighted by Crippen LogP contribution is -1.96. The molecule has 0 amide bonds. The van der Waals surface area contributed by atoms with Crippen molar-refractivity contribution in [1.29, 1.82) is 0 Å². The molecule has 0 atom stereocenters. The number of ether oxygens (including phenoxy) is 1. The Morgan fingerprint density at radius 2 is 2.00 bits per heavy atom. The quantitative estimate of drug-likeness (QED) is 0.608. The predicted octanol–water partition coefficient (Wildman–Crippen LogP) is 3.85. The lowest BCUT2D eigenvalue weighted by atomic mass is 10.1. The molecule has 0 aromatic rings. The Morgan fingerprint density at radius 3 is 2.42 bits per heavy atom. The first kappa shape index (κ1) is 11.6. The summed E-state index contributed by atoms with van der Waals surface area (Å²) in [6.07, 6.45) is 4.13. The van der Waals surface area contributed by atoms with Crippen molar-refractivity contribution in [3.8, 4) is 0 Å². The summed E-state index contributed by atoms with van der Waals surface area (Å²) in [4.78, 5) is 0. The average molecular weight is 189 g/mol. The fourth-order valence-corrected chi connectivity index (χ4v) is 1.25. The fraction of sp³-hybridized carbons (Fsp3) is 0.600. The maximum Gasteiger partial charge on any atom is 0.133 e. The van der Waals surface area contributed by atoms with Crippen LogP contribution in [0.2, 0.25) is 0 Å². The summed E-state index contributed by atoms with van der Waals surface area (Å²) < 4.78 is 5.05. The molecule has 0 heterocycles. The van der Waals surface area contributed by atoms with E-state index in [-0.39, 0.29) is 0 Å². The smallest absolute Gasteiger partial charge is 0.133 e. The second-order valence-electron chi connectivity index (χ2n) is 2.41. The van der Waals surface area contributed by atoms with E-state index in [4.69, 9.17) is 16.3 Å². The SMILES string of the molecule is CC.COC1=CCCC(C)=C1Cl. The van der Waals surface area contributed by atoms with Gasteiger partial charge in [-0.15, -0.1) is 0 Å². The standard InChI is InChI=1S/C8H11ClO.C2H6/c1-6-4-3-5-7(10-2)8(6)9;1-2/h5H,3-4H2,1-2H3;1-2H3. The summed E-state index contributed by atoms with van der Waals surface area (Å²) in [6.45, 7) is 6.04. The van der Waals surface area contributed by atoms with Crippen molar-refractivity contribution >= 4 is 11.6 Å². The maximum absolute atomic E-state index is 5.92. The molecule has 2 heteroatoms. The third-order valence-electron chi connectivity index (χ3n) is 1.66. The zero-order chi connectivity index (χ0) is 9.56. The van der Waals surface area contributed by atoms with Crippen molar-refractivity contribution in [3.63, 3.8) is 0 Å². The first-order valence-corrected chi connectivity index (χ1v) is 4.73. The molecule has 0 bridgehead atoms. The monoisotopic (exact) mass is 188 g/mol. The molecule has 0 spiro atoms. The van der Waals surface area contributed by atoms with Gasteiger partial charge in [-0.25, -0.2) is 0 Å². The van der Waals surface area contributed by atoms with Gasteiger partial charge in [0, 0.05) is 0 Å². The van der Waals surface area contributed by atoms with Crippen molar-refractivity contribution in [2.75, 3.05) is 7.11 Å². The lowest BCUT2D eigenvalue weighted by molar-refractivity contribution is 0.300. The van der Waals surface area contributed by atoms with E-state index in [0.29, 0.717) is 0 Å². The molecule has 0 fully saturated rings. The van der Waals surface area contributed by atoms with Crippen molar-refractivity contribution in [2.24, 2.45) is 0 Å². The number of allylic oxidation sites excluding steroid dienone is 3. The van der Waals surface area contributed by atoms with E-state index in [0.717, 1.165) is 23.6 Å². The zero-order valence-corrected chi connectivity index (χ0v) is 9.03. The van der Waals surface area contributed by atoms with Gasteiger partial charge in [0.15, 0.2) is 0 Å². The van der Waals surface area contributed by atoms with E-state index in [2.05, 4.69) is 0 Å². The van der Waals surface area contributed by atoms with E-state index < -0.39 is 0 Å². The lowest BCUT2D eigenvalue weighted by Gasteiger charge is -2.12. The van der Waals surface area contributed by atoms with E-state index in [9.17, 15) is 0 Å². The van der Waals surface area contributed by atoms with Crippen LogP contribution < -0.4 is 0 Å². The molecule has 0 aliphatic heterocycles. The Bertz CT molecular complexity index is 192. The summed E-state index contributed by atoms with van der Waals surface area (Å²) in [5.74, 6) is 0.824. The molecule has 1 aliphatic rings. The Hall–Kier alpha value is -0.430. The molecule has 0 radical (unpaired) electrons. The van der Waals surface area contributed by atoms with Gasteiger partial charge in [-0.1, -0.05) is 31.0 Å². The minimum absolute atomic E-state index is 0.786. The molecule has 0 saturated carbocycles. The van der Waals surface area contributed by atoms with Crippen molar-refractivity contribution in [2.45, 2.75) is 33.6 Å². The summed E-state index contributed by atoms with van der Waals surface area (Å²) in [7, 11) is 1.65. The van der Waals surface area contributed by atoms with Crippen LogP contribution in [0.25, 0.3) is 0 Å². The largest absolute Gasteiger partial charge is 0.496 e. The van der Waals surface area contributed by atoms with Gasteiger partial charge in [-0.3, -0.25) is 0 Å². The van der Waals surface area contributed by atoms with Gasteiger partial charge in [-0.2, -0.15) is 0 Å². The third kappa shape index (κ3) is 2.90. The molecule has 0 aromatic heterocycles. The van der Waals surface area contributed by atoms with Crippen LogP contribution in [0.15, 0.2) is 22.4 Å². The molecule has 0 aromatic carbocycles. The van der Waals surface area contributed by atoms with E-state index >= 15 is 0 Å². The Balaban J connectivity index is 0.000000561. The fourth-order valence-electron chi connectivity index (χ4n) is 1.00. The van der Waals surface area contributed by atoms with Gasteiger partial charge >= 0.3 is 0 Å². The minimum Gasteiger partial charge on any atom is -0.496 e. The number of halogens is 1. The Kier molecular flexibility index (Phi) is 5.91. The van der Waals surface area contributed by atoms with Gasteiger partial charge in [0.05, 0.1) is 12.1 Å². The van der Waals surface area contributed by atoms with Crippen molar-refractivity contribution in [3.05, 3.63) is 22.4 Å². The number of hydrogen-bond acceptors (Lipinski definition) is 1. The highest BCUT2D eigenvalue weighted by atomic mass is 35.5. The molecule has 0 saturated heterocycles. The van der Waals surface area contributed by atoms with E-state index in [1.807, 2.05) is 26.8 Å². The second kappa shape index (κ2) is 6.13. The highest BCUT2D eigenvalue weighted by Gasteiger charge is 2.10. The normalized spacial score (nSPS) is 16.2. The minimum atomic E-state index is 0.786. The van der Waals surface area contributed by atoms with Crippen LogP contribution in [-0.2, 0) is 4.74 Å². The van der Waals surface area contributed by atoms with Crippen molar-refractivity contribution < 1.29 is 4.74 Å². The van der Waals surface area contributed by atoms with Crippen molar-refractivity contribution in [1.82, 2.24) is 0 Å². The molecular formula is C10H17ClO. The molecule has 1 rings (SSSR count). The van der Waals surface area contributed by atoms with Crippen LogP contribution in [0, 0.1) is 0 Å². The van der Waals surface area contributed by atoms with Gasteiger partial charge in [0.1, 0.15) is 5.76 Å². The molecule has 0 N–H and O–H groups in total. The van der Waals surface area contributed by atoms with Gasteiger partial charge in [-0.05, 0) is 25.8 Å². The average Bonchev–Trinajstić information content (AvgIpc) is 2.13. The highest BCUT2D eigenvalue weighted by molar-refractivity contribution is 6.32. The zero-order valence-electron chi connectivity index (χ0n) is 8.28. The number of rotatable bonds is 1. The van der Waals surface area contributed by atoms with Crippen LogP contribution in [0.1, 0.15) is 33.6 Å². The number of methoxy groups -OCH3 is 1. The Labute approximate surface area is 80.1 Å². The topological polar surface area (TPSA) is 9.23 Å². The summed E-state index contributed by atoms with van der Waals surface area (Å²) in [5.41, 5.74) is 1.22. The van der Waals surface area contributed by atoms with Gasteiger partial charge in [0.25, 0.3) is 0 Å². The van der Waals surface area contributed by atoms with Crippen LogP contribution in [0.3, 0.4) is 0 Å². The van der Waals surface area contributed by atoms with E-state index in [1.54, 1.807) is 7.11 Å². The number of hydrogen-bond donors (Lipinski definition) is 0. The summed E-state index contributed by atoms with van der Waals surface area (Å²) >= 11 is 5.92. The molecule has 0 unspecified atom stereocenters.